The number of amides is 3. The maximum absolute atomic E-state index is 13.8. The molecule has 9 nitrogen and oxygen atoms in total. The number of halogens is 1. The van der Waals surface area contributed by atoms with Crippen LogP contribution in [0.25, 0.3) is 0 Å². The Balaban J connectivity index is 1.41. The molecule has 0 unspecified atom stereocenters. The minimum absolute atomic E-state index is 0.0323. The van der Waals surface area contributed by atoms with Gasteiger partial charge < -0.3 is 20.1 Å². The van der Waals surface area contributed by atoms with Crippen molar-refractivity contribution in [3.05, 3.63) is 100 Å². The normalized spacial score (nSPS) is 18.8. The lowest BCUT2D eigenvalue weighted by atomic mass is 9.90. The first-order valence-electron chi connectivity index (χ1n) is 12.0. The Morgan fingerprint density at radius 3 is 2.58 bits per heavy atom. The average molecular weight is 534 g/mol. The van der Waals surface area contributed by atoms with E-state index in [4.69, 9.17) is 16.3 Å². The van der Waals surface area contributed by atoms with Crippen molar-refractivity contribution in [3.8, 4) is 0 Å². The van der Waals surface area contributed by atoms with Crippen LogP contribution in [0.1, 0.15) is 38.3 Å². The van der Waals surface area contributed by atoms with E-state index in [0.29, 0.717) is 29.2 Å². The zero-order chi connectivity index (χ0) is 26.9. The molecule has 2 aliphatic rings. The molecule has 5 rings (SSSR count). The van der Waals surface area contributed by atoms with Gasteiger partial charge >= 0.3 is 12.1 Å². The molecule has 2 aliphatic heterocycles. The first-order chi connectivity index (χ1) is 18.2. The molecule has 0 aliphatic carbocycles. The number of ether oxygens (including phenoxy) is 1. The van der Waals surface area contributed by atoms with Gasteiger partial charge in [-0.1, -0.05) is 48.0 Å². The van der Waals surface area contributed by atoms with Gasteiger partial charge in [-0.25, -0.2) is 9.59 Å². The Bertz CT molecular complexity index is 1430. The predicted octanol–water partition coefficient (Wildman–Crippen LogP) is 4.07. The number of carbonyl (C=O) groups excluding carboxylic acids is 3. The number of carbonyl (C=O) groups is 4. The number of rotatable bonds is 6. The number of nitrogens with one attached hydrogen (secondary N) is 2. The molecule has 3 amide bonds. The van der Waals surface area contributed by atoms with E-state index in [9.17, 15) is 24.3 Å². The van der Waals surface area contributed by atoms with Gasteiger partial charge in [0.05, 0.1) is 17.8 Å². The zero-order valence-corrected chi connectivity index (χ0v) is 20.9. The molecule has 0 saturated carbocycles. The molecule has 1 spiro atoms. The third-order valence-corrected chi connectivity index (χ3v) is 7.03. The van der Waals surface area contributed by atoms with Crippen molar-refractivity contribution in [2.45, 2.75) is 24.5 Å². The fourth-order valence-electron chi connectivity index (χ4n) is 4.95. The highest BCUT2D eigenvalue weighted by Crippen LogP contribution is 2.43. The lowest BCUT2D eigenvalue weighted by Gasteiger charge is -2.35. The second kappa shape index (κ2) is 10.2. The fourth-order valence-corrected chi connectivity index (χ4v) is 5.12. The van der Waals surface area contributed by atoms with Crippen LogP contribution in [0.3, 0.4) is 0 Å². The van der Waals surface area contributed by atoms with Crippen molar-refractivity contribution in [2.75, 3.05) is 18.4 Å². The quantitative estimate of drug-likeness (QED) is 0.438. The van der Waals surface area contributed by atoms with Crippen LogP contribution in [0.15, 0.2) is 72.8 Å². The number of carboxylic acids is 1. The van der Waals surface area contributed by atoms with Gasteiger partial charge in [-0.15, -0.1) is 0 Å². The van der Waals surface area contributed by atoms with E-state index in [2.05, 4.69) is 10.6 Å². The lowest BCUT2D eigenvalue weighted by Crippen LogP contribution is -2.50. The van der Waals surface area contributed by atoms with E-state index in [1.165, 1.54) is 24.3 Å². The van der Waals surface area contributed by atoms with Crippen LogP contribution in [0.2, 0.25) is 5.02 Å². The highest BCUT2D eigenvalue weighted by Gasteiger charge is 2.49. The van der Waals surface area contributed by atoms with Crippen LogP contribution in [0.5, 0.6) is 0 Å². The average Bonchev–Trinajstić information content (AvgIpc) is 3.33. The van der Waals surface area contributed by atoms with Crippen LogP contribution in [0.4, 0.5) is 10.5 Å². The summed E-state index contributed by atoms with van der Waals surface area (Å²) in [6.45, 7) is 0.399. The molecule has 3 aromatic rings. The second-order valence-electron chi connectivity index (χ2n) is 9.31. The van der Waals surface area contributed by atoms with Crippen molar-refractivity contribution < 1.29 is 29.0 Å². The number of aromatic carboxylic acids is 1. The van der Waals surface area contributed by atoms with Crippen LogP contribution < -0.4 is 10.6 Å². The Morgan fingerprint density at radius 2 is 1.82 bits per heavy atom. The minimum atomic E-state index is -1.16. The Morgan fingerprint density at radius 1 is 1.05 bits per heavy atom. The van der Waals surface area contributed by atoms with E-state index in [-0.39, 0.29) is 30.0 Å². The third kappa shape index (κ3) is 5.05. The van der Waals surface area contributed by atoms with Crippen molar-refractivity contribution in [2.24, 2.45) is 0 Å². The summed E-state index contributed by atoms with van der Waals surface area (Å²) < 4.78 is 5.74. The number of fused-ring (bicyclic) bond motifs is 2. The van der Waals surface area contributed by atoms with Gasteiger partial charge in [-0.3, -0.25) is 14.9 Å². The third-order valence-electron chi connectivity index (χ3n) is 6.80. The number of anilines is 1. The summed E-state index contributed by atoms with van der Waals surface area (Å²) in [4.78, 5) is 52.2. The monoisotopic (exact) mass is 533 g/mol. The number of carboxylic acid groups (broad SMARTS) is 1. The molecule has 194 valence electrons. The zero-order valence-electron chi connectivity index (χ0n) is 20.1. The molecule has 3 N–H and O–H groups in total. The summed E-state index contributed by atoms with van der Waals surface area (Å²) in [5, 5.41) is 15.2. The molecule has 1 fully saturated rings. The summed E-state index contributed by atoms with van der Waals surface area (Å²) in [5.41, 5.74) is 1.14. The van der Waals surface area contributed by atoms with E-state index in [0.717, 1.165) is 5.56 Å². The molecule has 10 heteroatoms. The van der Waals surface area contributed by atoms with E-state index in [1.54, 1.807) is 23.1 Å². The standard InChI is InChI=1S/C28H24ClN3O6/c29-20-9-10-22-21(15-20)28(38-27(37)31-22)11-12-32(16-28)25(34)23(13-17-5-2-1-3-6-17)30-24(33)18-7-4-8-19(14-18)26(35)36/h1-10,14-15,23H,11-13,16H2,(H,30,33)(H,31,37)(H,35,36)/t23-,28-/m0/s1. The smallest absolute Gasteiger partial charge is 0.412 e. The summed E-state index contributed by atoms with van der Waals surface area (Å²) in [7, 11) is 0. The topological polar surface area (TPSA) is 125 Å². The van der Waals surface area contributed by atoms with Gasteiger partial charge in [0.1, 0.15) is 6.04 Å². The highest BCUT2D eigenvalue weighted by atomic mass is 35.5. The Labute approximate surface area is 223 Å². The predicted molar refractivity (Wildman–Crippen MR) is 139 cm³/mol. The van der Waals surface area contributed by atoms with Gasteiger partial charge in [0.25, 0.3) is 5.91 Å². The largest absolute Gasteiger partial charge is 0.478 e. The maximum atomic E-state index is 13.8. The summed E-state index contributed by atoms with van der Waals surface area (Å²) in [6, 6.07) is 19.0. The first-order valence-corrected chi connectivity index (χ1v) is 12.4. The number of hydrogen-bond donors (Lipinski definition) is 3. The van der Waals surface area contributed by atoms with Crippen molar-refractivity contribution >= 4 is 41.2 Å². The molecule has 3 aromatic carbocycles. The van der Waals surface area contributed by atoms with Crippen molar-refractivity contribution in [3.63, 3.8) is 0 Å². The Kier molecular flexibility index (Phi) is 6.77. The molecule has 2 heterocycles. The molecule has 0 bridgehead atoms. The molecule has 1 saturated heterocycles. The summed E-state index contributed by atoms with van der Waals surface area (Å²) >= 11 is 6.23. The highest BCUT2D eigenvalue weighted by molar-refractivity contribution is 6.30. The SMILES string of the molecule is O=C1Nc2ccc(Cl)cc2[C@@]2(CCN(C(=O)[C@H](Cc3ccccc3)NC(=O)c3cccc(C(=O)O)c3)C2)O1. The second-order valence-corrected chi connectivity index (χ2v) is 9.75. The summed E-state index contributed by atoms with van der Waals surface area (Å²) in [5.74, 6) is -2.07. The number of hydrogen-bond acceptors (Lipinski definition) is 5. The Hall–Kier alpha value is -4.37. The summed E-state index contributed by atoms with van der Waals surface area (Å²) in [6.07, 6.45) is -0.0229. The van der Waals surface area contributed by atoms with Gasteiger partial charge in [0.15, 0.2) is 5.60 Å². The number of benzene rings is 3. The van der Waals surface area contributed by atoms with E-state index >= 15 is 0 Å². The molecular formula is C28H24ClN3O6. The van der Waals surface area contributed by atoms with E-state index < -0.39 is 29.6 Å². The molecule has 0 radical (unpaired) electrons. The van der Waals surface area contributed by atoms with Crippen molar-refractivity contribution in [1.82, 2.24) is 10.2 Å². The van der Waals surface area contributed by atoms with Crippen LogP contribution in [-0.4, -0.2) is 53.0 Å². The van der Waals surface area contributed by atoms with Gasteiger partial charge in [-0.2, -0.15) is 0 Å². The maximum Gasteiger partial charge on any atom is 0.412 e. The van der Waals surface area contributed by atoms with Gasteiger partial charge in [0.2, 0.25) is 5.91 Å². The van der Waals surface area contributed by atoms with Gasteiger partial charge in [0, 0.05) is 35.5 Å². The van der Waals surface area contributed by atoms with Crippen LogP contribution >= 0.6 is 11.6 Å². The molecular weight excluding hydrogens is 510 g/mol. The lowest BCUT2D eigenvalue weighted by molar-refractivity contribution is -0.133. The fraction of sp³-hybridized carbons (Fsp3) is 0.214. The van der Waals surface area contributed by atoms with Crippen LogP contribution in [0, 0.1) is 0 Å². The van der Waals surface area contributed by atoms with Crippen LogP contribution in [-0.2, 0) is 21.6 Å². The van der Waals surface area contributed by atoms with Crippen molar-refractivity contribution in [1.29, 1.82) is 0 Å². The molecule has 0 aromatic heterocycles. The molecule has 38 heavy (non-hydrogen) atoms. The number of nitrogens with zero attached hydrogens (tertiary/aromatic N) is 1. The minimum Gasteiger partial charge on any atom is -0.478 e. The molecule has 2 atom stereocenters. The number of likely N-dealkylation sites (tertiary alicyclic amines) is 1. The first kappa shape index (κ1) is 25.3. The van der Waals surface area contributed by atoms with E-state index in [1.807, 2.05) is 30.3 Å². The van der Waals surface area contributed by atoms with Gasteiger partial charge in [-0.05, 0) is 42.0 Å².